The molecule has 0 aromatic heterocycles. The van der Waals surface area contributed by atoms with Crippen molar-refractivity contribution in [3.63, 3.8) is 0 Å². The fraction of sp³-hybridized carbons (Fsp3) is 0.250. The minimum Gasteiger partial charge on any atom is -0.468 e. The third-order valence-corrected chi connectivity index (χ3v) is 2.27. The molecule has 2 N–H and O–H groups in total. The number of carbonyl (C=O) groups excluding carboxylic acids is 1. The lowest BCUT2D eigenvalue weighted by Crippen LogP contribution is -1.99. The number of nitro groups is 1. The number of nitrogen functional groups attached to an aromatic ring is 1. The zero-order valence-corrected chi connectivity index (χ0v) is 10.0. The van der Waals surface area contributed by atoms with Crippen LogP contribution in [0.2, 0.25) is 0 Å². The third-order valence-electron chi connectivity index (χ3n) is 2.27. The summed E-state index contributed by atoms with van der Waals surface area (Å²) in [5, 5.41) is 10.7. The number of ether oxygens (including phenoxy) is 1. The SMILES string of the molecule is COC(=O)CC#Cc1cc([N+](=O)[O-])cc(C)c1N. The molecule has 0 bridgehead atoms. The van der Waals surface area contributed by atoms with Crippen molar-refractivity contribution in [3.05, 3.63) is 33.4 Å². The van der Waals surface area contributed by atoms with E-state index in [0.29, 0.717) is 16.8 Å². The first kappa shape index (κ1) is 13.5. The molecule has 6 heteroatoms. The molecule has 1 aromatic rings. The number of hydrogen-bond donors (Lipinski definition) is 1. The average molecular weight is 248 g/mol. The monoisotopic (exact) mass is 248 g/mol. The quantitative estimate of drug-likeness (QED) is 0.280. The first-order valence-corrected chi connectivity index (χ1v) is 5.06. The van der Waals surface area contributed by atoms with Gasteiger partial charge in [-0.3, -0.25) is 14.9 Å². The van der Waals surface area contributed by atoms with Crippen molar-refractivity contribution >= 4 is 17.3 Å². The lowest BCUT2D eigenvalue weighted by molar-refractivity contribution is -0.384. The lowest BCUT2D eigenvalue weighted by Gasteiger charge is -2.02. The van der Waals surface area contributed by atoms with Crippen molar-refractivity contribution in [1.82, 2.24) is 0 Å². The van der Waals surface area contributed by atoms with Gasteiger partial charge in [-0.15, -0.1) is 0 Å². The maximum atomic E-state index is 10.9. The van der Waals surface area contributed by atoms with Gasteiger partial charge in [0.1, 0.15) is 6.42 Å². The molecule has 0 atom stereocenters. The van der Waals surface area contributed by atoms with Gasteiger partial charge in [0.15, 0.2) is 0 Å². The highest BCUT2D eigenvalue weighted by Crippen LogP contribution is 2.23. The summed E-state index contributed by atoms with van der Waals surface area (Å²) in [7, 11) is 1.26. The number of nitro benzene ring substituents is 1. The van der Waals surface area contributed by atoms with Crippen LogP contribution in [0, 0.1) is 28.9 Å². The normalized spacial score (nSPS) is 9.22. The molecule has 0 unspecified atom stereocenters. The highest BCUT2D eigenvalue weighted by Gasteiger charge is 2.11. The van der Waals surface area contributed by atoms with Crippen LogP contribution in [0.15, 0.2) is 12.1 Å². The van der Waals surface area contributed by atoms with Crippen LogP contribution in [0.1, 0.15) is 17.5 Å². The number of benzene rings is 1. The lowest BCUT2D eigenvalue weighted by atomic mass is 10.1. The summed E-state index contributed by atoms with van der Waals surface area (Å²) in [6, 6.07) is 2.66. The molecule has 94 valence electrons. The number of hydrogen-bond acceptors (Lipinski definition) is 5. The molecular weight excluding hydrogens is 236 g/mol. The Balaban J connectivity index is 3.08. The maximum absolute atomic E-state index is 10.9. The Hall–Kier alpha value is -2.55. The van der Waals surface area contributed by atoms with E-state index in [0.717, 1.165) is 0 Å². The molecule has 1 rings (SSSR count). The number of nitrogens with two attached hydrogens (primary N) is 1. The van der Waals surface area contributed by atoms with Crippen LogP contribution < -0.4 is 5.73 Å². The Morgan fingerprint density at radius 3 is 2.78 bits per heavy atom. The zero-order chi connectivity index (χ0) is 13.7. The first-order chi connectivity index (χ1) is 8.45. The number of non-ortho nitro benzene ring substituents is 1. The second-order valence-corrected chi connectivity index (χ2v) is 3.54. The molecule has 1 aromatic carbocycles. The molecule has 0 aliphatic rings. The number of esters is 1. The molecule has 18 heavy (non-hydrogen) atoms. The Morgan fingerprint density at radius 1 is 1.56 bits per heavy atom. The van der Waals surface area contributed by atoms with E-state index in [1.165, 1.54) is 19.2 Å². The molecular formula is C12H12N2O4. The minimum absolute atomic E-state index is 0.0796. The van der Waals surface area contributed by atoms with Gasteiger partial charge in [-0.25, -0.2) is 0 Å². The van der Waals surface area contributed by atoms with Gasteiger partial charge in [0, 0.05) is 12.1 Å². The van der Waals surface area contributed by atoms with Gasteiger partial charge < -0.3 is 10.5 Å². The van der Waals surface area contributed by atoms with Crippen LogP contribution in [-0.4, -0.2) is 18.0 Å². The zero-order valence-electron chi connectivity index (χ0n) is 10.0. The number of rotatable bonds is 2. The van der Waals surface area contributed by atoms with Crippen molar-refractivity contribution < 1.29 is 14.5 Å². The van der Waals surface area contributed by atoms with Gasteiger partial charge in [0.2, 0.25) is 0 Å². The Labute approximate surface area is 104 Å². The van der Waals surface area contributed by atoms with E-state index in [2.05, 4.69) is 16.6 Å². The summed E-state index contributed by atoms with van der Waals surface area (Å²) in [5.74, 6) is 4.72. The van der Waals surface area contributed by atoms with Gasteiger partial charge in [-0.1, -0.05) is 11.8 Å². The Bertz CT molecular complexity index is 555. The van der Waals surface area contributed by atoms with Crippen molar-refractivity contribution in [2.45, 2.75) is 13.3 Å². The molecule has 0 fully saturated rings. The van der Waals surface area contributed by atoms with Crippen molar-refractivity contribution in [3.8, 4) is 11.8 Å². The molecule has 0 aliphatic carbocycles. The van der Waals surface area contributed by atoms with E-state index < -0.39 is 10.9 Å². The largest absolute Gasteiger partial charge is 0.468 e. The topological polar surface area (TPSA) is 95.5 Å². The second kappa shape index (κ2) is 5.68. The van der Waals surface area contributed by atoms with E-state index in [-0.39, 0.29) is 12.1 Å². The van der Waals surface area contributed by atoms with E-state index >= 15 is 0 Å². The summed E-state index contributed by atoms with van der Waals surface area (Å²) in [5.41, 5.74) is 6.97. The average Bonchev–Trinajstić information content (AvgIpc) is 2.33. The highest BCUT2D eigenvalue weighted by molar-refractivity contribution is 5.73. The molecule has 0 aliphatic heterocycles. The van der Waals surface area contributed by atoms with Gasteiger partial charge >= 0.3 is 5.97 Å². The summed E-state index contributed by atoms with van der Waals surface area (Å²) in [6.45, 7) is 1.66. The van der Waals surface area contributed by atoms with Crippen molar-refractivity contribution in [2.24, 2.45) is 0 Å². The molecule has 0 spiro atoms. The van der Waals surface area contributed by atoms with E-state index in [1.807, 2.05) is 0 Å². The summed E-state index contributed by atoms with van der Waals surface area (Å²) in [4.78, 5) is 21.0. The first-order valence-electron chi connectivity index (χ1n) is 5.06. The van der Waals surface area contributed by atoms with Crippen molar-refractivity contribution in [2.75, 3.05) is 12.8 Å². The van der Waals surface area contributed by atoms with Crippen LogP contribution in [-0.2, 0) is 9.53 Å². The smallest absolute Gasteiger partial charge is 0.317 e. The second-order valence-electron chi connectivity index (χ2n) is 3.54. The van der Waals surface area contributed by atoms with E-state index in [1.54, 1.807) is 6.92 Å². The van der Waals surface area contributed by atoms with Crippen LogP contribution in [0.4, 0.5) is 11.4 Å². The van der Waals surface area contributed by atoms with Gasteiger partial charge in [-0.05, 0) is 12.5 Å². The molecule has 0 amide bonds. The van der Waals surface area contributed by atoms with Gasteiger partial charge in [-0.2, -0.15) is 0 Å². The fourth-order valence-corrected chi connectivity index (χ4v) is 1.27. The van der Waals surface area contributed by atoms with Gasteiger partial charge in [0.05, 0.1) is 23.3 Å². The molecule has 6 nitrogen and oxygen atoms in total. The molecule has 0 heterocycles. The Morgan fingerprint density at radius 2 is 2.22 bits per heavy atom. The fourth-order valence-electron chi connectivity index (χ4n) is 1.27. The van der Waals surface area contributed by atoms with Gasteiger partial charge in [0.25, 0.3) is 5.69 Å². The van der Waals surface area contributed by atoms with E-state index in [9.17, 15) is 14.9 Å². The number of methoxy groups -OCH3 is 1. The summed E-state index contributed by atoms with van der Waals surface area (Å²) >= 11 is 0. The molecule has 0 saturated heterocycles. The Kier molecular flexibility index (Phi) is 4.27. The predicted molar refractivity (Wildman–Crippen MR) is 65.8 cm³/mol. The van der Waals surface area contributed by atoms with Crippen LogP contribution in [0.5, 0.6) is 0 Å². The van der Waals surface area contributed by atoms with Crippen LogP contribution in [0.25, 0.3) is 0 Å². The standard InChI is InChI=1S/C12H12N2O4/c1-8-6-10(14(16)17)7-9(12(8)13)4-3-5-11(15)18-2/h6-7H,5,13H2,1-2H3. The number of nitrogens with zero attached hydrogens (tertiary/aromatic N) is 1. The number of aryl methyl sites for hydroxylation is 1. The minimum atomic E-state index is -0.516. The molecule has 0 saturated carbocycles. The predicted octanol–water partition coefficient (Wildman–Crippen LogP) is 1.40. The maximum Gasteiger partial charge on any atom is 0.317 e. The van der Waals surface area contributed by atoms with E-state index in [4.69, 9.17) is 5.73 Å². The molecule has 0 radical (unpaired) electrons. The third kappa shape index (κ3) is 3.22. The summed E-state index contributed by atoms with van der Waals surface area (Å²) in [6.07, 6.45) is -0.0856. The number of anilines is 1. The number of carbonyl (C=O) groups is 1. The highest BCUT2D eigenvalue weighted by atomic mass is 16.6. The van der Waals surface area contributed by atoms with Crippen LogP contribution >= 0.6 is 0 Å². The van der Waals surface area contributed by atoms with Crippen LogP contribution in [0.3, 0.4) is 0 Å². The van der Waals surface area contributed by atoms with Crippen molar-refractivity contribution in [1.29, 1.82) is 0 Å². The summed E-state index contributed by atoms with van der Waals surface area (Å²) < 4.78 is 4.42.